The van der Waals surface area contributed by atoms with Crippen LogP contribution < -0.4 is 14.8 Å². The van der Waals surface area contributed by atoms with Gasteiger partial charge in [0.2, 0.25) is 6.79 Å². The van der Waals surface area contributed by atoms with Gasteiger partial charge in [-0.1, -0.05) is 24.1 Å². The van der Waals surface area contributed by atoms with Crippen molar-refractivity contribution < 1.29 is 28.9 Å². The summed E-state index contributed by atoms with van der Waals surface area (Å²) in [7, 11) is 1.25. The zero-order valence-electron chi connectivity index (χ0n) is 16.0. The lowest BCUT2D eigenvalue weighted by Crippen LogP contribution is -2.49. The molecule has 3 heterocycles. The summed E-state index contributed by atoms with van der Waals surface area (Å²) in [5, 5.41) is 14.5. The molecule has 0 radical (unpaired) electrons. The molecule has 0 aliphatic carbocycles. The number of hydrogen-bond donors (Lipinski definition) is 2. The van der Waals surface area contributed by atoms with Gasteiger partial charge in [0, 0.05) is 29.2 Å². The average molecular weight is 406 g/mol. The largest absolute Gasteiger partial charge is 0.467 e. The number of anilines is 1. The molecule has 2 aromatic carbocycles. The van der Waals surface area contributed by atoms with Crippen molar-refractivity contribution in [1.82, 2.24) is 4.90 Å². The number of ether oxygens (including phenoxy) is 3. The summed E-state index contributed by atoms with van der Waals surface area (Å²) in [5.41, 5.74) is 0.517. The van der Waals surface area contributed by atoms with Gasteiger partial charge in [0.15, 0.2) is 11.5 Å². The van der Waals surface area contributed by atoms with Gasteiger partial charge in [-0.3, -0.25) is 9.69 Å². The number of methoxy groups -OCH3 is 1. The Morgan fingerprint density at radius 3 is 2.87 bits per heavy atom. The molecular formula is C22H18N2O6. The second-order valence-electron chi connectivity index (χ2n) is 7.29. The normalized spacial score (nSPS) is 24.9. The third kappa shape index (κ3) is 2.67. The van der Waals surface area contributed by atoms with E-state index in [4.69, 9.17) is 14.2 Å². The van der Waals surface area contributed by atoms with E-state index in [1.165, 1.54) is 12.0 Å². The number of amides is 1. The smallest absolute Gasteiger partial charge is 0.328 e. The Bertz CT molecular complexity index is 1120. The van der Waals surface area contributed by atoms with Crippen molar-refractivity contribution in [3.8, 4) is 23.3 Å². The van der Waals surface area contributed by atoms with Gasteiger partial charge in [0.25, 0.3) is 0 Å². The first-order chi connectivity index (χ1) is 14.5. The fraction of sp³-hybridized carbons (Fsp3) is 0.273. The minimum atomic E-state index is -1.41. The molecule has 8 heteroatoms. The Kier molecular flexibility index (Phi) is 4.08. The van der Waals surface area contributed by atoms with E-state index >= 15 is 0 Å². The van der Waals surface area contributed by atoms with E-state index < -0.39 is 29.7 Å². The predicted octanol–water partition coefficient (Wildman–Crippen LogP) is 1.18. The highest BCUT2D eigenvalue weighted by molar-refractivity contribution is 5.98. The maximum absolute atomic E-state index is 13.1. The molecule has 152 valence electrons. The van der Waals surface area contributed by atoms with Gasteiger partial charge in [-0.05, 0) is 24.3 Å². The molecule has 0 bridgehead atoms. The van der Waals surface area contributed by atoms with E-state index in [0.717, 1.165) is 5.69 Å². The van der Waals surface area contributed by atoms with E-state index in [2.05, 4.69) is 17.2 Å². The van der Waals surface area contributed by atoms with E-state index in [1.54, 1.807) is 30.3 Å². The van der Waals surface area contributed by atoms with Crippen LogP contribution in [-0.4, -0.2) is 48.0 Å². The van der Waals surface area contributed by atoms with Crippen LogP contribution in [0.25, 0.3) is 0 Å². The van der Waals surface area contributed by atoms with Crippen LogP contribution in [0.2, 0.25) is 0 Å². The Labute approximate surface area is 172 Å². The predicted molar refractivity (Wildman–Crippen MR) is 104 cm³/mol. The van der Waals surface area contributed by atoms with Gasteiger partial charge in [0.05, 0.1) is 7.11 Å². The first kappa shape index (κ1) is 18.3. The van der Waals surface area contributed by atoms with Gasteiger partial charge in [-0.25, -0.2) is 4.79 Å². The lowest BCUT2D eigenvalue weighted by Gasteiger charge is -2.28. The molecule has 30 heavy (non-hydrogen) atoms. The van der Waals surface area contributed by atoms with Crippen LogP contribution in [0.5, 0.6) is 11.5 Å². The Morgan fingerprint density at radius 1 is 1.23 bits per heavy atom. The first-order valence-electron chi connectivity index (χ1n) is 9.41. The van der Waals surface area contributed by atoms with Crippen molar-refractivity contribution in [1.29, 1.82) is 0 Å². The second kappa shape index (κ2) is 6.68. The number of esters is 1. The Balaban J connectivity index is 1.47. The first-order valence-corrected chi connectivity index (χ1v) is 9.41. The molecule has 2 aromatic rings. The van der Waals surface area contributed by atoms with E-state index in [9.17, 15) is 14.7 Å². The summed E-state index contributed by atoms with van der Waals surface area (Å²) in [5.74, 6) is 5.37. The molecule has 2 N–H and O–H groups in total. The average Bonchev–Trinajstić information content (AvgIpc) is 3.41. The lowest BCUT2D eigenvalue weighted by atomic mass is 9.91. The molecule has 3 aliphatic rings. The maximum Gasteiger partial charge on any atom is 0.328 e. The van der Waals surface area contributed by atoms with E-state index in [1.807, 2.05) is 12.1 Å². The van der Waals surface area contributed by atoms with Crippen LogP contribution >= 0.6 is 0 Å². The maximum atomic E-state index is 13.1. The number of hydrogen-bond acceptors (Lipinski definition) is 7. The molecular weight excluding hydrogens is 388 g/mol. The van der Waals surface area contributed by atoms with E-state index in [0.29, 0.717) is 22.6 Å². The van der Waals surface area contributed by atoms with Crippen molar-refractivity contribution in [2.24, 2.45) is 0 Å². The standard InChI is InChI=1S/C22H18N2O6/c1-28-20(26)16-11-22(27)14-4-2-3-5-15(14)23-21(22)24(16)19(25)9-7-13-6-8-17-18(10-13)30-12-29-17/h2-6,8,10,16,21,23,27H,11-12H2,1H3/t16-,21+,22-/m0/s1. The third-order valence-corrected chi connectivity index (χ3v) is 5.65. The molecule has 0 saturated carbocycles. The SMILES string of the molecule is COC(=O)[C@@H]1C[C@]2(O)c3ccccc3N[C@@H]2N1C(=O)C#Cc1ccc2c(c1)OCO2. The lowest BCUT2D eigenvalue weighted by molar-refractivity contribution is -0.150. The van der Waals surface area contributed by atoms with Crippen molar-refractivity contribution in [2.75, 3.05) is 19.2 Å². The summed E-state index contributed by atoms with van der Waals surface area (Å²) < 4.78 is 15.5. The van der Waals surface area contributed by atoms with Crippen molar-refractivity contribution >= 4 is 17.6 Å². The number of nitrogens with zero attached hydrogens (tertiary/aromatic N) is 1. The fourth-order valence-electron chi connectivity index (χ4n) is 4.25. The van der Waals surface area contributed by atoms with Crippen LogP contribution in [0, 0.1) is 11.8 Å². The summed E-state index contributed by atoms with van der Waals surface area (Å²) in [6.07, 6.45) is -0.802. The van der Waals surface area contributed by atoms with Gasteiger partial charge < -0.3 is 24.6 Å². The molecule has 3 atom stereocenters. The summed E-state index contributed by atoms with van der Waals surface area (Å²) in [6, 6.07) is 11.4. The van der Waals surface area contributed by atoms with Crippen molar-refractivity contribution in [2.45, 2.75) is 24.2 Å². The van der Waals surface area contributed by atoms with Crippen molar-refractivity contribution in [3.63, 3.8) is 0 Å². The molecule has 0 spiro atoms. The number of para-hydroxylation sites is 1. The number of fused-ring (bicyclic) bond motifs is 4. The van der Waals surface area contributed by atoms with Crippen LogP contribution in [0.1, 0.15) is 17.5 Å². The minimum Gasteiger partial charge on any atom is -0.467 e. The van der Waals surface area contributed by atoms with Gasteiger partial charge in [0.1, 0.15) is 17.8 Å². The van der Waals surface area contributed by atoms with Gasteiger partial charge >= 0.3 is 11.9 Å². The van der Waals surface area contributed by atoms with Crippen LogP contribution in [-0.2, 0) is 19.9 Å². The van der Waals surface area contributed by atoms with Crippen molar-refractivity contribution in [3.05, 3.63) is 53.6 Å². The Hall–Kier alpha value is -3.70. The molecule has 0 aromatic heterocycles. The zero-order chi connectivity index (χ0) is 20.9. The number of rotatable bonds is 1. The Morgan fingerprint density at radius 2 is 2.03 bits per heavy atom. The molecule has 5 rings (SSSR count). The highest BCUT2D eigenvalue weighted by Gasteiger charge is 2.60. The molecule has 8 nitrogen and oxygen atoms in total. The molecule has 1 fully saturated rings. The summed E-state index contributed by atoms with van der Waals surface area (Å²) in [4.78, 5) is 26.7. The molecule has 1 saturated heterocycles. The van der Waals surface area contributed by atoms with Gasteiger partial charge in [-0.15, -0.1) is 0 Å². The number of benzene rings is 2. The number of likely N-dealkylation sites (tertiary alicyclic amines) is 1. The van der Waals surface area contributed by atoms with Crippen LogP contribution in [0.15, 0.2) is 42.5 Å². The van der Waals surface area contributed by atoms with E-state index in [-0.39, 0.29) is 13.2 Å². The summed E-state index contributed by atoms with van der Waals surface area (Å²) in [6.45, 7) is 0.145. The molecule has 3 aliphatic heterocycles. The molecule has 0 unspecified atom stereocenters. The van der Waals surface area contributed by atoms with Crippen LogP contribution in [0.3, 0.4) is 0 Å². The third-order valence-electron chi connectivity index (χ3n) is 5.65. The second-order valence-corrected chi connectivity index (χ2v) is 7.29. The monoisotopic (exact) mass is 406 g/mol. The number of nitrogens with one attached hydrogen (secondary N) is 1. The number of carbonyl (C=O) groups is 2. The minimum absolute atomic E-state index is 0.0196. The summed E-state index contributed by atoms with van der Waals surface area (Å²) >= 11 is 0. The highest BCUT2D eigenvalue weighted by Crippen LogP contribution is 2.49. The molecule has 1 amide bonds. The number of carbonyl (C=O) groups excluding carboxylic acids is 2. The zero-order valence-corrected chi connectivity index (χ0v) is 16.0. The number of aliphatic hydroxyl groups is 1. The van der Waals surface area contributed by atoms with Crippen LogP contribution in [0.4, 0.5) is 5.69 Å². The topological polar surface area (TPSA) is 97.3 Å². The fourth-order valence-corrected chi connectivity index (χ4v) is 4.25. The highest BCUT2D eigenvalue weighted by atomic mass is 16.7. The quantitative estimate of drug-likeness (QED) is 0.542. The van der Waals surface area contributed by atoms with Gasteiger partial charge in [-0.2, -0.15) is 0 Å².